The van der Waals surface area contributed by atoms with Gasteiger partial charge in [0, 0.05) is 11.4 Å². The number of sulfonamides is 1. The molecule has 0 aliphatic carbocycles. The zero-order chi connectivity index (χ0) is 24.3. The van der Waals surface area contributed by atoms with Gasteiger partial charge in [-0.15, -0.1) is 0 Å². The number of rotatable bonds is 6. The Labute approximate surface area is 199 Å². The number of esters is 1. The number of carbonyl (C=O) groups is 2. The summed E-state index contributed by atoms with van der Waals surface area (Å²) in [5, 5.41) is 5.58. The molecule has 4 aromatic rings. The van der Waals surface area contributed by atoms with Gasteiger partial charge in [0.2, 0.25) is 0 Å². The van der Waals surface area contributed by atoms with Crippen LogP contribution >= 0.6 is 11.3 Å². The number of nitrogens with zero attached hydrogens (tertiary/aromatic N) is 1. The van der Waals surface area contributed by atoms with Crippen LogP contribution in [-0.4, -0.2) is 32.5 Å². The molecule has 9 nitrogen and oxygen atoms in total. The van der Waals surface area contributed by atoms with Crippen LogP contribution in [0.3, 0.4) is 0 Å². The predicted octanol–water partition coefficient (Wildman–Crippen LogP) is 4.84. The number of fused-ring (bicyclic) bond motifs is 1. The Morgan fingerprint density at radius 3 is 2.35 bits per heavy atom. The second-order valence-corrected chi connectivity index (χ2v) is 9.98. The maximum absolute atomic E-state index is 12.6. The fraction of sp³-hybridized carbons (Fsp3) is 0.0870. The molecule has 2 amide bonds. The third-order valence-corrected chi connectivity index (χ3v) is 7.16. The minimum absolute atomic E-state index is 0.146. The summed E-state index contributed by atoms with van der Waals surface area (Å²) < 4.78 is 33.1. The lowest BCUT2D eigenvalue weighted by Crippen LogP contribution is -2.19. The zero-order valence-corrected chi connectivity index (χ0v) is 19.8. The van der Waals surface area contributed by atoms with Gasteiger partial charge in [-0.2, -0.15) is 0 Å². The number of amides is 2. The van der Waals surface area contributed by atoms with Crippen molar-refractivity contribution < 1.29 is 22.7 Å². The zero-order valence-electron chi connectivity index (χ0n) is 18.2. The normalized spacial score (nSPS) is 11.1. The Morgan fingerprint density at radius 1 is 0.941 bits per heavy atom. The van der Waals surface area contributed by atoms with E-state index in [0.717, 1.165) is 16.9 Å². The molecule has 3 aromatic carbocycles. The van der Waals surface area contributed by atoms with Gasteiger partial charge < -0.3 is 15.4 Å². The van der Waals surface area contributed by atoms with Crippen molar-refractivity contribution >= 4 is 60.1 Å². The molecule has 0 saturated heterocycles. The van der Waals surface area contributed by atoms with Gasteiger partial charge in [0.05, 0.1) is 27.8 Å². The number of carbonyl (C=O) groups excluding carboxylic acids is 2. The topological polar surface area (TPSA) is 126 Å². The largest absolute Gasteiger partial charge is 0.465 e. The summed E-state index contributed by atoms with van der Waals surface area (Å²) in [5.41, 5.74) is 2.77. The van der Waals surface area contributed by atoms with Crippen LogP contribution in [0, 0.1) is 6.92 Å². The van der Waals surface area contributed by atoms with Gasteiger partial charge in [0.1, 0.15) is 0 Å². The highest BCUT2D eigenvalue weighted by atomic mass is 32.2. The summed E-state index contributed by atoms with van der Waals surface area (Å²) in [5.74, 6) is -0.506. The highest BCUT2D eigenvalue weighted by Crippen LogP contribution is 2.30. The first-order valence-electron chi connectivity index (χ1n) is 10.00. The number of nitrogens with one attached hydrogen (secondary N) is 3. The molecule has 11 heteroatoms. The van der Waals surface area contributed by atoms with Crippen LogP contribution in [0.25, 0.3) is 10.2 Å². The van der Waals surface area contributed by atoms with Gasteiger partial charge in [-0.25, -0.2) is 23.0 Å². The maximum atomic E-state index is 12.6. The molecule has 0 unspecified atom stereocenters. The number of ether oxygens (including phenoxy) is 1. The van der Waals surface area contributed by atoms with E-state index in [1.54, 1.807) is 48.5 Å². The molecular formula is C23H20N4O5S2. The lowest BCUT2D eigenvalue weighted by molar-refractivity contribution is 0.0600. The Balaban J connectivity index is 1.46. The Hall–Kier alpha value is -3.96. The minimum Gasteiger partial charge on any atom is -0.465 e. The number of hydrogen-bond acceptors (Lipinski definition) is 7. The van der Waals surface area contributed by atoms with E-state index in [1.165, 1.54) is 25.3 Å². The summed E-state index contributed by atoms with van der Waals surface area (Å²) in [6, 6.07) is 17.4. The Morgan fingerprint density at radius 2 is 1.65 bits per heavy atom. The second kappa shape index (κ2) is 9.49. The number of aryl methyl sites for hydroxylation is 1. The number of benzene rings is 3. The van der Waals surface area contributed by atoms with Gasteiger partial charge in [-0.3, -0.25) is 4.72 Å². The van der Waals surface area contributed by atoms with E-state index in [0.29, 0.717) is 27.2 Å². The van der Waals surface area contributed by atoms with E-state index < -0.39 is 22.0 Å². The van der Waals surface area contributed by atoms with Crippen molar-refractivity contribution in [1.82, 2.24) is 4.98 Å². The molecule has 0 radical (unpaired) electrons. The van der Waals surface area contributed by atoms with Crippen molar-refractivity contribution in [1.29, 1.82) is 0 Å². The lowest BCUT2D eigenvalue weighted by Gasteiger charge is -2.08. The fourth-order valence-corrected chi connectivity index (χ4v) is 5.21. The van der Waals surface area contributed by atoms with E-state index in [9.17, 15) is 18.0 Å². The number of anilines is 3. The van der Waals surface area contributed by atoms with Crippen LogP contribution in [0.1, 0.15) is 15.9 Å². The number of thiazole rings is 1. The Kier molecular flexibility index (Phi) is 6.48. The van der Waals surface area contributed by atoms with E-state index in [4.69, 9.17) is 0 Å². The van der Waals surface area contributed by atoms with E-state index in [2.05, 4.69) is 25.1 Å². The van der Waals surface area contributed by atoms with Crippen LogP contribution in [0.5, 0.6) is 0 Å². The highest BCUT2D eigenvalue weighted by molar-refractivity contribution is 7.93. The average Bonchev–Trinajstić information content (AvgIpc) is 3.19. The minimum atomic E-state index is -3.77. The molecule has 0 fully saturated rings. The average molecular weight is 497 g/mol. The van der Waals surface area contributed by atoms with E-state index in [-0.39, 0.29) is 10.0 Å². The fourth-order valence-electron chi connectivity index (χ4n) is 3.07. The molecule has 1 aromatic heterocycles. The van der Waals surface area contributed by atoms with Crippen LogP contribution in [0.15, 0.2) is 71.6 Å². The SMILES string of the molecule is COC(=O)c1cccc(NC(=O)Nc2ccc3nc(NS(=O)(=O)c4ccc(C)cc4)sc3c2)c1. The molecule has 3 N–H and O–H groups in total. The van der Waals surface area contributed by atoms with Crippen LogP contribution in [-0.2, 0) is 14.8 Å². The van der Waals surface area contributed by atoms with Crippen LogP contribution in [0.2, 0.25) is 0 Å². The number of methoxy groups -OCH3 is 1. The smallest absolute Gasteiger partial charge is 0.337 e. The molecular weight excluding hydrogens is 476 g/mol. The third kappa shape index (κ3) is 5.33. The van der Waals surface area contributed by atoms with Crippen LogP contribution in [0.4, 0.5) is 21.3 Å². The van der Waals surface area contributed by atoms with Gasteiger partial charge >= 0.3 is 12.0 Å². The molecule has 0 atom stereocenters. The highest BCUT2D eigenvalue weighted by Gasteiger charge is 2.17. The molecule has 0 bridgehead atoms. The van der Waals surface area contributed by atoms with Crippen LogP contribution < -0.4 is 15.4 Å². The molecule has 34 heavy (non-hydrogen) atoms. The van der Waals surface area contributed by atoms with Gasteiger partial charge in [0.25, 0.3) is 10.0 Å². The number of hydrogen-bond donors (Lipinski definition) is 3. The van der Waals surface area contributed by atoms with E-state index in [1.807, 2.05) is 6.92 Å². The summed E-state index contributed by atoms with van der Waals surface area (Å²) in [6.07, 6.45) is 0. The van der Waals surface area contributed by atoms with Gasteiger partial charge in [0.15, 0.2) is 5.13 Å². The standard InChI is InChI=1S/C23H20N4O5S2/c1-14-6-9-18(10-7-14)34(30,31)27-23-26-19-11-8-17(13-20(19)33-23)25-22(29)24-16-5-3-4-15(12-16)21(28)32-2/h3-13H,1-2H3,(H,26,27)(H2,24,25,29). The molecule has 0 aliphatic rings. The summed E-state index contributed by atoms with van der Waals surface area (Å²) in [6.45, 7) is 1.88. The number of aromatic nitrogens is 1. The second-order valence-electron chi connectivity index (χ2n) is 7.27. The third-order valence-electron chi connectivity index (χ3n) is 4.74. The molecule has 4 rings (SSSR count). The molecule has 0 aliphatic heterocycles. The molecule has 1 heterocycles. The maximum Gasteiger partial charge on any atom is 0.337 e. The van der Waals surface area contributed by atoms with Gasteiger partial charge in [-0.05, 0) is 55.5 Å². The first-order chi connectivity index (χ1) is 16.2. The Bertz CT molecular complexity index is 1480. The first-order valence-corrected chi connectivity index (χ1v) is 12.3. The summed E-state index contributed by atoms with van der Waals surface area (Å²) in [7, 11) is -2.49. The van der Waals surface area contributed by atoms with Crippen molar-refractivity contribution in [2.45, 2.75) is 11.8 Å². The monoisotopic (exact) mass is 496 g/mol. The lowest BCUT2D eigenvalue weighted by atomic mass is 10.2. The number of urea groups is 1. The molecule has 174 valence electrons. The van der Waals surface area contributed by atoms with Crippen molar-refractivity contribution in [3.8, 4) is 0 Å². The van der Waals surface area contributed by atoms with Gasteiger partial charge in [-0.1, -0.05) is 35.1 Å². The quantitative estimate of drug-likeness (QED) is 0.328. The van der Waals surface area contributed by atoms with Crippen molar-refractivity contribution in [3.05, 3.63) is 77.9 Å². The van der Waals surface area contributed by atoms with Crippen molar-refractivity contribution in [2.75, 3.05) is 22.5 Å². The summed E-state index contributed by atoms with van der Waals surface area (Å²) in [4.78, 5) is 28.5. The summed E-state index contributed by atoms with van der Waals surface area (Å²) >= 11 is 1.15. The van der Waals surface area contributed by atoms with Crippen molar-refractivity contribution in [3.63, 3.8) is 0 Å². The van der Waals surface area contributed by atoms with E-state index >= 15 is 0 Å². The predicted molar refractivity (Wildman–Crippen MR) is 132 cm³/mol. The van der Waals surface area contributed by atoms with Crippen molar-refractivity contribution in [2.24, 2.45) is 0 Å². The molecule has 0 spiro atoms. The first kappa shape index (κ1) is 23.2. The molecule has 0 saturated carbocycles.